The van der Waals surface area contributed by atoms with Crippen LogP contribution < -0.4 is 19.9 Å². The van der Waals surface area contributed by atoms with Crippen LogP contribution in [0.15, 0.2) is 18.2 Å². The van der Waals surface area contributed by atoms with E-state index in [1.807, 2.05) is 18.2 Å². The molecule has 2 rings (SSSR count). The van der Waals surface area contributed by atoms with Crippen LogP contribution in [-0.2, 0) is 21.2 Å². The second-order valence-electron chi connectivity index (χ2n) is 8.95. The second kappa shape index (κ2) is 12.7. The monoisotopic (exact) mass is 472 g/mol. The number of nitrogens with two attached hydrogens (primary N) is 1. The number of aliphatic hydroxyl groups excluding tert-OH is 1. The molecule has 32 heavy (non-hydrogen) atoms. The van der Waals surface area contributed by atoms with Gasteiger partial charge in [0.15, 0.2) is 11.5 Å². The van der Waals surface area contributed by atoms with Crippen molar-refractivity contribution in [3.63, 3.8) is 0 Å². The van der Waals surface area contributed by atoms with Crippen molar-refractivity contribution in [1.29, 1.82) is 0 Å². The molecule has 1 saturated carbocycles. The number of ether oxygens (including phenoxy) is 3. The van der Waals surface area contributed by atoms with E-state index in [2.05, 4.69) is 18.6 Å². The summed E-state index contributed by atoms with van der Waals surface area (Å²) in [5.41, 5.74) is 7.36. The SMILES string of the molecule is COCCCOc1cc(C[C@@H](C[C@H](N)[C@@H](O)CNS(=O)(=O)C2CC2)C(C)C)ccc1OC. The molecule has 0 aromatic heterocycles. The van der Waals surface area contributed by atoms with E-state index >= 15 is 0 Å². The third-order valence-corrected chi connectivity index (χ3v) is 7.86. The van der Waals surface area contributed by atoms with Gasteiger partial charge in [0.1, 0.15) is 0 Å². The number of nitrogens with one attached hydrogen (secondary N) is 1. The molecule has 0 heterocycles. The Kier molecular flexibility index (Phi) is 10.7. The Bertz CT molecular complexity index is 798. The molecule has 0 unspecified atom stereocenters. The van der Waals surface area contributed by atoms with Crippen molar-refractivity contribution in [3.05, 3.63) is 23.8 Å². The van der Waals surface area contributed by atoms with Gasteiger partial charge in [0, 0.05) is 32.7 Å². The van der Waals surface area contributed by atoms with E-state index in [1.165, 1.54) is 0 Å². The molecule has 0 bridgehead atoms. The van der Waals surface area contributed by atoms with E-state index < -0.39 is 22.2 Å². The first-order valence-electron chi connectivity index (χ1n) is 11.4. The van der Waals surface area contributed by atoms with Crippen molar-refractivity contribution in [3.8, 4) is 11.5 Å². The van der Waals surface area contributed by atoms with E-state index in [4.69, 9.17) is 19.9 Å². The molecule has 0 saturated heterocycles. The Balaban J connectivity index is 1.96. The fourth-order valence-corrected chi connectivity index (χ4v) is 4.99. The maximum absolute atomic E-state index is 12.0. The van der Waals surface area contributed by atoms with Gasteiger partial charge in [0.05, 0.1) is 25.1 Å². The molecular weight excluding hydrogens is 432 g/mol. The van der Waals surface area contributed by atoms with Crippen molar-refractivity contribution in [1.82, 2.24) is 4.72 Å². The summed E-state index contributed by atoms with van der Waals surface area (Å²) >= 11 is 0. The van der Waals surface area contributed by atoms with Gasteiger partial charge in [0.25, 0.3) is 0 Å². The Morgan fingerprint density at radius 1 is 1.19 bits per heavy atom. The van der Waals surface area contributed by atoms with Crippen LogP contribution in [0.2, 0.25) is 0 Å². The van der Waals surface area contributed by atoms with Crippen molar-refractivity contribution < 1.29 is 27.7 Å². The molecule has 0 aliphatic heterocycles. The standard InChI is InChI=1S/C23H40N2O6S/c1-16(2)18(14-20(24)21(26)15-25-32(27,28)19-7-8-19)12-17-6-9-22(30-4)23(13-17)31-11-5-10-29-3/h6,9,13,16,18-21,25-26H,5,7-8,10-12,14-15,24H2,1-4H3/t18-,20-,21-/m0/s1. The molecule has 0 amide bonds. The lowest BCUT2D eigenvalue weighted by atomic mass is 9.83. The first-order valence-corrected chi connectivity index (χ1v) is 12.9. The van der Waals surface area contributed by atoms with Crippen LogP contribution >= 0.6 is 0 Å². The highest BCUT2D eigenvalue weighted by Crippen LogP contribution is 2.31. The number of rotatable bonds is 16. The third-order valence-electron chi connectivity index (χ3n) is 5.95. The lowest BCUT2D eigenvalue weighted by Crippen LogP contribution is -2.45. The zero-order chi connectivity index (χ0) is 23.7. The number of hydrogen-bond acceptors (Lipinski definition) is 7. The minimum Gasteiger partial charge on any atom is -0.493 e. The number of hydrogen-bond donors (Lipinski definition) is 3. The highest BCUT2D eigenvalue weighted by atomic mass is 32.2. The van der Waals surface area contributed by atoms with Crippen LogP contribution in [0, 0.1) is 11.8 Å². The Hall–Kier alpha value is -1.39. The van der Waals surface area contributed by atoms with Crippen LogP contribution in [0.5, 0.6) is 11.5 Å². The average molecular weight is 473 g/mol. The van der Waals surface area contributed by atoms with Crippen LogP contribution in [0.3, 0.4) is 0 Å². The first-order chi connectivity index (χ1) is 15.2. The summed E-state index contributed by atoms with van der Waals surface area (Å²) in [6.07, 6.45) is 2.58. The van der Waals surface area contributed by atoms with Gasteiger partial charge in [-0.15, -0.1) is 0 Å². The average Bonchev–Trinajstić information content (AvgIpc) is 3.61. The lowest BCUT2D eigenvalue weighted by Gasteiger charge is -2.27. The Morgan fingerprint density at radius 3 is 2.50 bits per heavy atom. The third kappa shape index (κ3) is 8.51. The highest BCUT2D eigenvalue weighted by molar-refractivity contribution is 7.90. The molecule has 4 N–H and O–H groups in total. The summed E-state index contributed by atoms with van der Waals surface area (Å²) in [5.74, 6) is 1.93. The van der Waals surface area contributed by atoms with E-state index in [1.54, 1.807) is 14.2 Å². The number of aliphatic hydroxyl groups is 1. The van der Waals surface area contributed by atoms with Gasteiger partial charge in [-0.25, -0.2) is 13.1 Å². The number of sulfonamides is 1. The molecule has 9 heteroatoms. The van der Waals surface area contributed by atoms with E-state index in [9.17, 15) is 13.5 Å². The summed E-state index contributed by atoms with van der Waals surface area (Å²) in [6.45, 7) is 5.38. The number of benzene rings is 1. The summed E-state index contributed by atoms with van der Waals surface area (Å²) in [7, 11) is -0.0505. The molecule has 184 valence electrons. The molecule has 1 fully saturated rings. The maximum Gasteiger partial charge on any atom is 0.214 e. The van der Waals surface area contributed by atoms with Gasteiger partial charge < -0.3 is 25.1 Å². The van der Waals surface area contributed by atoms with E-state index in [0.29, 0.717) is 49.9 Å². The fraction of sp³-hybridized carbons (Fsp3) is 0.739. The molecule has 1 aliphatic rings. The number of methoxy groups -OCH3 is 2. The van der Waals surface area contributed by atoms with Crippen LogP contribution in [0.25, 0.3) is 0 Å². The van der Waals surface area contributed by atoms with Gasteiger partial charge in [-0.3, -0.25) is 0 Å². The summed E-state index contributed by atoms with van der Waals surface area (Å²) in [6, 6.07) is 5.39. The summed E-state index contributed by atoms with van der Waals surface area (Å²) in [4.78, 5) is 0. The van der Waals surface area contributed by atoms with Crippen molar-refractivity contribution in [2.45, 2.75) is 63.3 Å². The smallest absolute Gasteiger partial charge is 0.214 e. The van der Waals surface area contributed by atoms with Crippen molar-refractivity contribution >= 4 is 10.0 Å². The van der Waals surface area contributed by atoms with Crippen molar-refractivity contribution in [2.24, 2.45) is 17.6 Å². The van der Waals surface area contributed by atoms with E-state index in [-0.39, 0.29) is 17.7 Å². The van der Waals surface area contributed by atoms with Crippen LogP contribution in [0.4, 0.5) is 0 Å². The minimum atomic E-state index is -3.33. The van der Waals surface area contributed by atoms with Gasteiger partial charge in [-0.1, -0.05) is 19.9 Å². The quantitative estimate of drug-likeness (QED) is 0.315. The molecule has 1 aromatic carbocycles. The second-order valence-corrected chi connectivity index (χ2v) is 11.0. The normalized spacial score (nSPS) is 17.2. The summed E-state index contributed by atoms with van der Waals surface area (Å²) in [5, 5.41) is 10.1. The van der Waals surface area contributed by atoms with Crippen LogP contribution in [0.1, 0.15) is 45.1 Å². The fourth-order valence-electron chi connectivity index (χ4n) is 3.60. The summed E-state index contributed by atoms with van der Waals surface area (Å²) < 4.78 is 42.9. The topological polar surface area (TPSA) is 120 Å². The molecular formula is C23H40N2O6S. The van der Waals surface area contributed by atoms with Crippen LogP contribution in [-0.4, -0.2) is 64.9 Å². The Labute approximate surface area is 192 Å². The molecule has 1 aliphatic carbocycles. The van der Waals surface area contributed by atoms with Gasteiger partial charge >= 0.3 is 0 Å². The van der Waals surface area contributed by atoms with Crippen molar-refractivity contribution in [2.75, 3.05) is 34.0 Å². The Morgan fingerprint density at radius 2 is 1.91 bits per heavy atom. The molecule has 3 atom stereocenters. The maximum atomic E-state index is 12.0. The van der Waals surface area contributed by atoms with Gasteiger partial charge in [0.2, 0.25) is 10.0 Å². The molecule has 0 radical (unpaired) electrons. The molecule has 1 aromatic rings. The zero-order valence-corrected chi connectivity index (χ0v) is 20.6. The zero-order valence-electron chi connectivity index (χ0n) is 19.7. The van der Waals surface area contributed by atoms with Gasteiger partial charge in [-0.2, -0.15) is 0 Å². The predicted octanol–water partition coefficient (Wildman–Crippen LogP) is 2.09. The highest BCUT2D eigenvalue weighted by Gasteiger charge is 2.36. The molecule has 8 nitrogen and oxygen atoms in total. The first kappa shape index (κ1) is 26.9. The lowest BCUT2D eigenvalue weighted by molar-refractivity contribution is 0.129. The largest absolute Gasteiger partial charge is 0.493 e. The minimum absolute atomic E-state index is 0.0488. The van der Waals surface area contributed by atoms with E-state index in [0.717, 1.165) is 18.4 Å². The van der Waals surface area contributed by atoms with Gasteiger partial charge in [-0.05, 0) is 55.2 Å². The molecule has 0 spiro atoms. The predicted molar refractivity (Wildman–Crippen MR) is 126 cm³/mol.